The summed E-state index contributed by atoms with van der Waals surface area (Å²) in [6, 6.07) is 6.41. The van der Waals surface area contributed by atoms with E-state index in [9.17, 15) is 0 Å². The van der Waals surface area contributed by atoms with Crippen LogP contribution in [-0.2, 0) is 11.2 Å². The molecule has 0 amide bonds. The fourth-order valence-corrected chi connectivity index (χ4v) is 2.68. The minimum Gasteiger partial charge on any atom is -0.379 e. The summed E-state index contributed by atoms with van der Waals surface area (Å²) in [6.45, 7) is 10.8. The zero-order valence-electron chi connectivity index (χ0n) is 12.6. The minimum atomic E-state index is 0.0230. The summed E-state index contributed by atoms with van der Waals surface area (Å²) < 4.78 is 5.60. The van der Waals surface area contributed by atoms with Crippen molar-refractivity contribution in [1.29, 1.82) is 0 Å². The molecular weight excluding hydrogens is 222 g/mol. The van der Waals surface area contributed by atoms with Crippen molar-refractivity contribution in [2.24, 2.45) is 11.1 Å². The molecule has 2 heteroatoms. The summed E-state index contributed by atoms with van der Waals surface area (Å²) in [7, 11) is 1.75. The number of hydrogen-bond acceptors (Lipinski definition) is 2. The maximum Gasteiger partial charge on any atom is 0.0773 e. The molecule has 18 heavy (non-hydrogen) atoms. The van der Waals surface area contributed by atoms with E-state index in [1.807, 2.05) is 0 Å². The van der Waals surface area contributed by atoms with Gasteiger partial charge in [0.05, 0.1) is 6.10 Å². The maximum absolute atomic E-state index is 6.36. The van der Waals surface area contributed by atoms with Crippen LogP contribution < -0.4 is 5.73 Å². The number of nitrogens with two attached hydrogens (primary N) is 1. The first-order valence-corrected chi connectivity index (χ1v) is 6.61. The highest BCUT2D eigenvalue weighted by Crippen LogP contribution is 2.26. The van der Waals surface area contributed by atoms with Crippen molar-refractivity contribution in [3.8, 4) is 0 Å². The van der Waals surface area contributed by atoms with Gasteiger partial charge in [0.15, 0.2) is 0 Å². The van der Waals surface area contributed by atoms with Gasteiger partial charge in [0.2, 0.25) is 0 Å². The zero-order valence-corrected chi connectivity index (χ0v) is 12.6. The number of rotatable bonds is 4. The molecule has 2 unspecified atom stereocenters. The lowest BCUT2D eigenvalue weighted by molar-refractivity contribution is -0.00171. The molecule has 0 saturated heterocycles. The lowest BCUT2D eigenvalue weighted by atomic mass is 9.82. The molecule has 0 radical (unpaired) electrons. The highest BCUT2D eigenvalue weighted by atomic mass is 16.5. The second kappa shape index (κ2) is 5.85. The van der Waals surface area contributed by atoms with Crippen LogP contribution in [0.3, 0.4) is 0 Å². The van der Waals surface area contributed by atoms with Crippen LogP contribution >= 0.6 is 0 Å². The molecule has 0 aliphatic heterocycles. The molecule has 0 saturated carbocycles. The van der Waals surface area contributed by atoms with Gasteiger partial charge < -0.3 is 10.5 Å². The van der Waals surface area contributed by atoms with E-state index in [4.69, 9.17) is 10.5 Å². The normalized spacial score (nSPS) is 15.5. The lowest BCUT2D eigenvalue weighted by Crippen LogP contribution is -2.46. The predicted octanol–water partition coefficient (Wildman–Crippen LogP) is 3.23. The molecule has 102 valence electrons. The maximum atomic E-state index is 6.36. The van der Waals surface area contributed by atoms with Crippen molar-refractivity contribution in [3.63, 3.8) is 0 Å². The molecular formula is C16H27NO. The van der Waals surface area contributed by atoms with Crippen LogP contribution in [0.1, 0.15) is 37.5 Å². The molecule has 0 aromatic heterocycles. The first kappa shape index (κ1) is 15.2. The summed E-state index contributed by atoms with van der Waals surface area (Å²) >= 11 is 0. The van der Waals surface area contributed by atoms with Crippen LogP contribution in [0.5, 0.6) is 0 Å². The van der Waals surface area contributed by atoms with Crippen LogP contribution in [0.25, 0.3) is 0 Å². The highest BCUT2D eigenvalue weighted by molar-refractivity contribution is 5.34. The SMILES string of the molecule is COC(C(N)Cc1c(C)cccc1C)C(C)(C)C. The quantitative estimate of drug-likeness (QED) is 0.889. The Bertz CT molecular complexity index is 372. The van der Waals surface area contributed by atoms with E-state index in [1.165, 1.54) is 16.7 Å². The van der Waals surface area contributed by atoms with E-state index < -0.39 is 0 Å². The Morgan fingerprint density at radius 2 is 1.67 bits per heavy atom. The zero-order chi connectivity index (χ0) is 13.9. The lowest BCUT2D eigenvalue weighted by Gasteiger charge is -2.34. The summed E-state index contributed by atoms with van der Waals surface area (Å²) in [5, 5.41) is 0. The van der Waals surface area contributed by atoms with E-state index in [1.54, 1.807) is 7.11 Å². The Balaban J connectivity index is 2.90. The second-order valence-corrected chi connectivity index (χ2v) is 6.26. The van der Waals surface area contributed by atoms with Crippen LogP contribution in [0.2, 0.25) is 0 Å². The number of benzene rings is 1. The van der Waals surface area contributed by atoms with Gasteiger partial charge in [-0.2, -0.15) is 0 Å². The third kappa shape index (κ3) is 3.56. The number of ether oxygens (including phenoxy) is 1. The fraction of sp³-hybridized carbons (Fsp3) is 0.625. The molecule has 0 aliphatic rings. The van der Waals surface area contributed by atoms with Crippen molar-refractivity contribution in [2.75, 3.05) is 7.11 Å². The Morgan fingerprint density at radius 1 is 1.17 bits per heavy atom. The van der Waals surface area contributed by atoms with Crippen molar-refractivity contribution in [3.05, 3.63) is 34.9 Å². The van der Waals surface area contributed by atoms with Gasteiger partial charge in [-0.05, 0) is 42.4 Å². The van der Waals surface area contributed by atoms with Crippen LogP contribution in [0.15, 0.2) is 18.2 Å². The Kier molecular flexibility index (Phi) is 4.94. The van der Waals surface area contributed by atoms with E-state index in [0.29, 0.717) is 0 Å². The monoisotopic (exact) mass is 249 g/mol. The van der Waals surface area contributed by atoms with Gasteiger partial charge in [-0.3, -0.25) is 0 Å². The Labute approximate surface area is 112 Å². The number of hydrogen-bond donors (Lipinski definition) is 1. The van der Waals surface area contributed by atoms with Gasteiger partial charge in [0.25, 0.3) is 0 Å². The fourth-order valence-electron chi connectivity index (χ4n) is 2.68. The van der Waals surface area contributed by atoms with Gasteiger partial charge in [-0.25, -0.2) is 0 Å². The molecule has 0 heterocycles. The molecule has 0 fully saturated rings. The third-order valence-corrected chi connectivity index (χ3v) is 3.58. The first-order valence-electron chi connectivity index (χ1n) is 6.61. The van der Waals surface area contributed by atoms with Gasteiger partial charge in [-0.15, -0.1) is 0 Å². The molecule has 1 rings (SSSR count). The van der Waals surface area contributed by atoms with Crippen LogP contribution in [-0.4, -0.2) is 19.3 Å². The van der Waals surface area contributed by atoms with Crippen molar-refractivity contribution >= 4 is 0 Å². The Morgan fingerprint density at radius 3 is 2.06 bits per heavy atom. The molecule has 0 spiro atoms. The van der Waals surface area contributed by atoms with Gasteiger partial charge in [0, 0.05) is 13.2 Å². The van der Waals surface area contributed by atoms with Crippen molar-refractivity contribution < 1.29 is 4.74 Å². The van der Waals surface area contributed by atoms with E-state index in [-0.39, 0.29) is 17.6 Å². The molecule has 1 aromatic rings. The van der Waals surface area contributed by atoms with E-state index in [2.05, 4.69) is 52.8 Å². The predicted molar refractivity (Wildman–Crippen MR) is 77.8 cm³/mol. The third-order valence-electron chi connectivity index (χ3n) is 3.58. The average Bonchev–Trinajstić information content (AvgIpc) is 2.22. The van der Waals surface area contributed by atoms with Gasteiger partial charge in [0.1, 0.15) is 0 Å². The topological polar surface area (TPSA) is 35.2 Å². The van der Waals surface area contributed by atoms with Gasteiger partial charge >= 0.3 is 0 Å². The number of methoxy groups -OCH3 is 1. The summed E-state index contributed by atoms with van der Waals surface area (Å²) in [4.78, 5) is 0. The number of aryl methyl sites for hydroxylation is 2. The van der Waals surface area contributed by atoms with E-state index >= 15 is 0 Å². The average molecular weight is 249 g/mol. The van der Waals surface area contributed by atoms with E-state index in [0.717, 1.165) is 6.42 Å². The largest absolute Gasteiger partial charge is 0.379 e. The van der Waals surface area contributed by atoms with Crippen molar-refractivity contribution in [2.45, 2.75) is 53.2 Å². The molecule has 1 aromatic carbocycles. The molecule has 2 nitrogen and oxygen atoms in total. The molecule has 2 N–H and O–H groups in total. The second-order valence-electron chi connectivity index (χ2n) is 6.26. The van der Waals surface area contributed by atoms with Gasteiger partial charge in [-0.1, -0.05) is 39.0 Å². The molecule has 2 atom stereocenters. The highest BCUT2D eigenvalue weighted by Gasteiger charge is 2.30. The Hall–Kier alpha value is -0.860. The molecule has 0 bridgehead atoms. The summed E-state index contributed by atoms with van der Waals surface area (Å²) in [5.74, 6) is 0. The first-order chi connectivity index (χ1) is 8.27. The smallest absolute Gasteiger partial charge is 0.0773 e. The van der Waals surface area contributed by atoms with Crippen LogP contribution in [0.4, 0.5) is 0 Å². The minimum absolute atomic E-state index is 0.0230. The summed E-state index contributed by atoms with van der Waals surface area (Å²) in [5.41, 5.74) is 10.4. The standard InChI is InChI=1S/C16H27NO/c1-11-8-7-9-12(2)13(11)10-14(17)15(18-6)16(3,4)5/h7-9,14-15H,10,17H2,1-6H3. The summed E-state index contributed by atoms with van der Waals surface area (Å²) in [6.07, 6.45) is 0.936. The van der Waals surface area contributed by atoms with Crippen molar-refractivity contribution in [1.82, 2.24) is 0 Å². The van der Waals surface area contributed by atoms with Crippen LogP contribution in [0, 0.1) is 19.3 Å². The molecule has 0 aliphatic carbocycles.